The third-order valence-electron chi connectivity index (χ3n) is 5.09. The molecule has 2 heterocycles. The van der Waals surface area contributed by atoms with E-state index in [-0.39, 0.29) is 0 Å². The van der Waals surface area contributed by atoms with Crippen molar-refractivity contribution < 1.29 is 0 Å². The van der Waals surface area contributed by atoms with Crippen molar-refractivity contribution in [3.8, 4) is 6.07 Å². The molecule has 2 aromatic carbocycles. The highest BCUT2D eigenvalue weighted by Crippen LogP contribution is 2.22. The first-order valence-corrected chi connectivity index (χ1v) is 9.86. The molecule has 0 N–H and O–H groups in total. The molecule has 0 atom stereocenters. The Morgan fingerprint density at radius 1 is 1.04 bits per heavy atom. The van der Waals surface area contributed by atoms with Gasteiger partial charge < -0.3 is 9.47 Å². The van der Waals surface area contributed by atoms with Gasteiger partial charge in [0.25, 0.3) is 0 Å². The van der Waals surface area contributed by atoms with Crippen molar-refractivity contribution in [3.63, 3.8) is 0 Å². The fourth-order valence-electron chi connectivity index (χ4n) is 3.60. The lowest BCUT2D eigenvalue weighted by atomic mass is 10.2. The Bertz CT molecular complexity index is 1010. The number of aryl methyl sites for hydroxylation is 1. The van der Waals surface area contributed by atoms with Crippen LogP contribution < -0.4 is 4.90 Å². The largest absolute Gasteiger partial charge is 0.368 e. The molecular formula is C22H22ClN5. The van der Waals surface area contributed by atoms with Gasteiger partial charge in [0, 0.05) is 53.0 Å². The van der Waals surface area contributed by atoms with Crippen LogP contribution in [0.2, 0.25) is 5.02 Å². The molecule has 1 aliphatic rings. The number of nitriles is 1. The number of benzene rings is 2. The minimum Gasteiger partial charge on any atom is -0.368 e. The Hall–Kier alpha value is -2.97. The first-order valence-electron chi connectivity index (χ1n) is 9.49. The summed E-state index contributed by atoms with van der Waals surface area (Å²) in [7, 11) is 0. The summed E-state index contributed by atoms with van der Waals surface area (Å²) in [5, 5.41) is 17.7. The maximum atomic E-state index is 8.89. The fraction of sp³-hybridized carbons (Fsp3) is 0.273. The lowest BCUT2D eigenvalue weighted by molar-refractivity contribution is 0.272. The van der Waals surface area contributed by atoms with E-state index < -0.39 is 0 Å². The van der Waals surface area contributed by atoms with Crippen LogP contribution >= 0.6 is 11.6 Å². The van der Waals surface area contributed by atoms with Gasteiger partial charge in [-0.3, -0.25) is 5.01 Å². The number of para-hydroxylation sites is 1. The van der Waals surface area contributed by atoms with Crippen molar-refractivity contribution in [3.05, 3.63) is 65.3 Å². The van der Waals surface area contributed by atoms with E-state index in [0.29, 0.717) is 13.0 Å². The summed E-state index contributed by atoms with van der Waals surface area (Å²) >= 11 is 5.98. The molecule has 1 fully saturated rings. The van der Waals surface area contributed by atoms with Crippen LogP contribution in [0.3, 0.4) is 0 Å². The first-order chi connectivity index (χ1) is 13.7. The van der Waals surface area contributed by atoms with E-state index in [1.165, 1.54) is 11.1 Å². The van der Waals surface area contributed by atoms with Crippen molar-refractivity contribution in [1.29, 1.82) is 5.26 Å². The van der Waals surface area contributed by atoms with E-state index in [2.05, 4.69) is 51.0 Å². The highest BCUT2D eigenvalue weighted by Gasteiger charge is 2.16. The van der Waals surface area contributed by atoms with Gasteiger partial charge in [0.2, 0.25) is 0 Å². The zero-order valence-electron chi connectivity index (χ0n) is 15.6. The molecule has 0 spiro atoms. The molecule has 0 saturated carbocycles. The van der Waals surface area contributed by atoms with Gasteiger partial charge in [-0.25, -0.2) is 0 Å². The zero-order chi connectivity index (χ0) is 19.3. The maximum absolute atomic E-state index is 8.89. The molecule has 5 nitrogen and oxygen atoms in total. The lowest BCUT2D eigenvalue weighted by Gasteiger charge is -2.34. The second-order valence-corrected chi connectivity index (χ2v) is 7.30. The van der Waals surface area contributed by atoms with Crippen molar-refractivity contribution in [2.24, 2.45) is 5.10 Å². The fourth-order valence-corrected chi connectivity index (χ4v) is 3.72. The number of fused-ring (bicyclic) bond motifs is 1. The molecule has 0 bridgehead atoms. The van der Waals surface area contributed by atoms with Gasteiger partial charge in [-0.2, -0.15) is 10.4 Å². The number of anilines is 1. The quantitative estimate of drug-likeness (QED) is 0.607. The molecule has 0 aliphatic carbocycles. The second kappa shape index (κ2) is 8.37. The molecule has 0 amide bonds. The van der Waals surface area contributed by atoms with Crippen LogP contribution in [0.5, 0.6) is 0 Å². The first kappa shape index (κ1) is 18.4. The smallest absolute Gasteiger partial charge is 0.0640 e. The number of hydrazone groups is 1. The van der Waals surface area contributed by atoms with Gasteiger partial charge in [0.05, 0.1) is 31.8 Å². The van der Waals surface area contributed by atoms with Gasteiger partial charge in [0.1, 0.15) is 0 Å². The average Bonchev–Trinajstić information content (AvgIpc) is 3.09. The molecule has 1 aliphatic heterocycles. The number of piperazine rings is 1. The Labute approximate surface area is 170 Å². The molecule has 28 heavy (non-hydrogen) atoms. The average molecular weight is 392 g/mol. The third-order valence-corrected chi connectivity index (χ3v) is 5.34. The number of hydrogen-bond acceptors (Lipinski definition) is 4. The van der Waals surface area contributed by atoms with E-state index in [0.717, 1.165) is 42.3 Å². The lowest BCUT2D eigenvalue weighted by Crippen LogP contribution is -2.44. The predicted octanol–water partition coefficient (Wildman–Crippen LogP) is 4.36. The molecule has 0 radical (unpaired) electrons. The maximum Gasteiger partial charge on any atom is 0.0640 e. The van der Waals surface area contributed by atoms with E-state index in [1.54, 1.807) is 0 Å². The van der Waals surface area contributed by atoms with Crippen LogP contribution in [0.25, 0.3) is 10.9 Å². The SMILES string of the molecule is N#CCCn1cc(/C=N\N2CCN(c3ccc(Cl)cc3)CC2)c2ccccc21. The van der Waals surface area contributed by atoms with Crippen LogP contribution in [0.4, 0.5) is 5.69 Å². The van der Waals surface area contributed by atoms with Gasteiger partial charge >= 0.3 is 0 Å². The molecule has 1 aromatic heterocycles. The summed E-state index contributed by atoms with van der Waals surface area (Å²) in [5.41, 5.74) is 3.44. The van der Waals surface area contributed by atoms with Crippen LogP contribution in [0.1, 0.15) is 12.0 Å². The van der Waals surface area contributed by atoms with Gasteiger partial charge in [-0.1, -0.05) is 29.8 Å². The molecule has 6 heteroatoms. The van der Waals surface area contributed by atoms with Crippen LogP contribution in [0.15, 0.2) is 59.8 Å². The van der Waals surface area contributed by atoms with Crippen LogP contribution in [-0.4, -0.2) is 42.0 Å². The van der Waals surface area contributed by atoms with Gasteiger partial charge in [0.15, 0.2) is 0 Å². The van der Waals surface area contributed by atoms with E-state index >= 15 is 0 Å². The highest BCUT2D eigenvalue weighted by atomic mass is 35.5. The topological polar surface area (TPSA) is 47.6 Å². The normalized spacial score (nSPS) is 14.7. The molecule has 1 saturated heterocycles. The number of hydrogen-bond donors (Lipinski definition) is 0. The predicted molar refractivity (Wildman–Crippen MR) is 115 cm³/mol. The Morgan fingerprint density at radius 2 is 1.79 bits per heavy atom. The van der Waals surface area contributed by atoms with Crippen molar-refractivity contribution in [2.45, 2.75) is 13.0 Å². The van der Waals surface area contributed by atoms with Crippen molar-refractivity contribution in [1.82, 2.24) is 9.58 Å². The standard InChI is InChI=1S/C22H22ClN5/c23-19-6-8-20(9-7-19)26-12-14-28(15-13-26)25-16-18-17-27(11-3-10-24)22-5-2-1-4-21(18)22/h1-2,4-9,16-17H,3,11-15H2/b25-16-. The minimum absolute atomic E-state index is 0.502. The number of rotatable bonds is 5. The summed E-state index contributed by atoms with van der Waals surface area (Å²) in [6.45, 7) is 4.33. The highest BCUT2D eigenvalue weighted by molar-refractivity contribution is 6.30. The Kier molecular flexibility index (Phi) is 5.50. The molecule has 142 valence electrons. The second-order valence-electron chi connectivity index (χ2n) is 6.86. The van der Waals surface area contributed by atoms with E-state index in [1.807, 2.05) is 30.5 Å². The number of halogens is 1. The Balaban J connectivity index is 1.44. The summed E-state index contributed by atoms with van der Waals surface area (Å²) in [6.07, 6.45) is 4.54. The summed E-state index contributed by atoms with van der Waals surface area (Å²) < 4.78 is 2.14. The van der Waals surface area contributed by atoms with Crippen molar-refractivity contribution in [2.75, 3.05) is 31.1 Å². The summed E-state index contributed by atoms with van der Waals surface area (Å²) in [5.74, 6) is 0. The molecule has 0 unspecified atom stereocenters. The van der Waals surface area contributed by atoms with Gasteiger partial charge in [-0.05, 0) is 30.3 Å². The van der Waals surface area contributed by atoms with Gasteiger partial charge in [-0.15, -0.1) is 0 Å². The van der Waals surface area contributed by atoms with E-state index in [4.69, 9.17) is 22.0 Å². The summed E-state index contributed by atoms with van der Waals surface area (Å²) in [4.78, 5) is 2.36. The van der Waals surface area contributed by atoms with Crippen molar-refractivity contribution >= 4 is 34.4 Å². The summed E-state index contributed by atoms with van der Waals surface area (Å²) in [6, 6.07) is 18.5. The zero-order valence-corrected chi connectivity index (χ0v) is 16.4. The number of aromatic nitrogens is 1. The number of nitrogens with zero attached hydrogens (tertiary/aromatic N) is 5. The van der Waals surface area contributed by atoms with Crippen LogP contribution in [0, 0.1) is 11.3 Å². The molecular weight excluding hydrogens is 370 g/mol. The van der Waals surface area contributed by atoms with E-state index in [9.17, 15) is 0 Å². The molecule has 4 rings (SSSR count). The molecule has 3 aromatic rings. The Morgan fingerprint density at radius 3 is 2.54 bits per heavy atom. The third kappa shape index (κ3) is 3.97. The van der Waals surface area contributed by atoms with Crippen LogP contribution in [-0.2, 0) is 6.54 Å². The minimum atomic E-state index is 0.502. The monoisotopic (exact) mass is 391 g/mol.